The maximum atomic E-state index is 10.5. The molecule has 2 aromatic rings. The van der Waals surface area contributed by atoms with Crippen molar-refractivity contribution in [2.45, 2.75) is 47.6 Å². The van der Waals surface area contributed by atoms with Crippen LogP contribution in [0.25, 0.3) is 11.3 Å². The van der Waals surface area contributed by atoms with Crippen molar-refractivity contribution in [2.75, 3.05) is 0 Å². The monoisotopic (exact) mass is 286 g/mol. The number of aromatic hydroxyl groups is 1. The molecular weight excluding hydrogens is 260 g/mol. The molecule has 1 heterocycles. The van der Waals surface area contributed by atoms with E-state index < -0.39 is 0 Å². The van der Waals surface area contributed by atoms with Crippen LogP contribution in [0.1, 0.15) is 38.8 Å². The molecule has 3 heteroatoms. The molecule has 0 aliphatic carbocycles. The van der Waals surface area contributed by atoms with Gasteiger partial charge in [-0.1, -0.05) is 51.5 Å². The Morgan fingerprint density at radius 2 is 1.86 bits per heavy atom. The minimum absolute atomic E-state index is 0.328. The van der Waals surface area contributed by atoms with Gasteiger partial charge in [-0.25, -0.2) is 4.68 Å². The smallest absolute Gasteiger partial charge is 0.213 e. The highest BCUT2D eigenvalue weighted by molar-refractivity contribution is 5.66. The Balaban J connectivity index is 2.52. The molecule has 21 heavy (non-hydrogen) atoms. The minimum Gasteiger partial charge on any atom is -0.493 e. The second kappa shape index (κ2) is 6.33. The van der Waals surface area contributed by atoms with Crippen molar-refractivity contribution in [3.8, 4) is 17.1 Å². The van der Waals surface area contributed by atoms with E-state index in [1.807, 2.05) is 6.07 Å². The van der Waals surface area contributed by atoms with Crippen LogP contribution in [0.3, 0.4) is 0 Å². The molecular formula is C18H26N2O. The topological polar surface area (TPSA) is 38.0 Å². The third-order valence-corrected chi connectivity index (χ3v) is 3.46. The van der Waals surface area contributed by atoms with Crippen molar-refractivity contribution < 1.29 is 5.11 Å². The molecule has 0 aliphatic heterocycles. The van der Waals surface area contributed by atoms with Crippen LogP contribution in [-0.4, -0.2) is 14.9 Å². The fraction of sp³-hybridized carbons (Fsp3) is 0.500. The number of nitrogens with zero attached hydrogens (tertiary/aromatic N) is 2. The Labute approximate surface area is 127 Å². The van der Waals surface area contributed by atoms with Crippen molar-refractivity contribution in [3.05, 3.63) is 35.4 Å². The molecule has 2 rings (SSSR count). The maximum Gasteiger partial charge on any atom is 0.213 e. The van der Waals surface area contributed by atoms with Gasteiger partial charge in [0.15, 0.2) is 0 Å². The van der Waals surface area contributed by atoms with E-state index in [1.165, 1.54) is 5.56 Å². The molecule has 1 aromatic heterocycles. The SMILES string of the molecule is Cc1cccc(-c2nn(CC(C)C)c(O)c2CC(C)C)c1. The quantitative estimate of drug-likeness (QED) is 0.883. The van der Waals surface area contributed by atoms with E-state index in [2.05, 4.69) is 57.9 Å². The van der Waals surface area contributed by atoms with E-state index in [9.17, 15) is 5.11 Å². The summed E-state index contributed by atoms with van der Waals surface area (Å²) in [6, 6.07) is 8.32. The summed E-state index contributed by atoms with van der Waals surface area (Å²) in [4.78, 5) is 0. The highest BCUT2D eigenvalue weighted by atomic mass is 16.3. The van der Waals surface area contributed by atoms with Gasteiger partial charge in [0.25, 0.3) is 0 Å². The lowest BCUT2D eigenvalue weighted by atomic mass is 9.99. The molecule has 114 valence electrons. The van der Waals surface area contributed by atoms with E-state index in [4.69, 9.17) is 0 Å². The fourth-order valence-corrected chi connectivity index (χ4v) is 2.58. The van der Waals surface area contributed by atoms with Crippen molar-refractivity contribution in [2.24, 2.45) is 11.8 Å². The molecule has 0 amide bonds. The zero-order valence-electron chi connectivity index (χ0n) is 13.7. The van der Waals surface area contributed by atoms with E-state index in [-0.39, 0.29) is 0 Å². The van der Waals surface area contributed by atoms with E-state index in [0.717, 1.165) is 29.8 Å². The summed E-state index contributed by atoms with van der Waals surface area (Å²) in [5.41, 5.74) is 4.19. The second-order valence-corrected chi connectivity index (χ2v) is 6.69. The minimum atomic E-state index is 0.328. The van der Waals surface area contributed by atoms with Crippen molar-refractivity contribution >= 4 is 0 Å². The lowest BCUT2D eigenvalue weighted by Crippen LogP contribution is -2.05. The predicted molar refractivity (Wildman–Crippen MR) is 87.4 cm³/mol. The van der Waals surface area contributed by atoms with Crippen LogP contribution in [0.4, 0.5) is 0 Å². The first-order valence-corrected chi connectivity index (χ1v) is 7.74. The lowest BCUT2D eigenvalue weighted by molar-refractivity contribution is 0.367. The summed E-state index contributed by atoms with van der Waals surface area (Å²) in [5.74, 6) is 1.26. The van der Waals surface area contributed by atoms with Crippen molar-refractivity contribution in [1.29, 1.82) is 0 Å². The zero-order valence-corrected chi connectivity index (χ0v) is 13.7. The first kappa shape index (κ1) is 15.6. The maximum absolute atomic E-state index is 10.5. The van der Waals surface area contributed by atoms with E-state index in [1.54, 1.807) is 4.68 Å². The van der Waals surface area contributed by atoms with Gasteiger partial charge in [-0.3, -0.25) is 0 Å². The van der Waals surface area contributed by atoms with Crippen LogP contribution in [-0.2, 0) is 13.0 Å². The molecule has 1 N–H and O–H groups in total. The second-order valence-electron chi connectivity index (χ2n) is 6.69. The summed E-state index contributed by atoms with van der Waals surface area (Å²) < 4.78 is 1.75. The summed E-state index contributed by atoms with van der Waals surface area (Å²) in [6.45, 7) is 11.4. The molecule has 3 nitrogen and oxygen atoms in total. The summed E-state index contributed by atoms with van der Waals surface area (Å²) >= 11 is 0. The first-order valence-electron chi connectivity index (χ1n) is 7.74. The van der Waals surface area contributed by atoms with Crippen molar-refractivity contribution in [3.63, 3.8) is 0 Å². The van der Waals surface area contributed by atoms with Crippen LogP contribution in [0.15, 0.2) is 24.3 Å². The molecule has 0 unspecified atom stereocenters. The number of benzene rings is 1. The molecule has 0 atom stereocenters. The van der Waals surface area contributed by atoms with E-state index in [0.29, 0.717) is 17.7 Å². The molecule has 0 spiro atoms. The normalized spacial score (nSPS) is 11.6. The molecule has 0 saturated carbocycles. The van der Waals surface area contributed by atoms with Crippen LogP contribution in [0, 0.1) is 18.8 Å². The Hall–Kier alpha value is -1.77. The van der Waals surface area contributed by atoms with Gasteiger partial charge in [-0.2, -0.15) is 5.10 Å². The Bertz CT molecular complexity index is 612. The molecule has 0 radical (unpaired) electrons. The molecule has 1 aromatic carbocycles. The Morgan fingerprint density at radius 1 is 1.14 bits per heavy atom. The highest BCUT2D eigenvalue weighted by Gasteiger charge is 2.20. The number of aromatic nitrogens is 2. The van der Waals surface area contributed by atoms with Gasteiger partial charge in [-0.15, -0.1) is 0 Å². The Morgan fingerprint density at radius 3 is 2.43 bits per heavy atom. The average Bonchev–Trinajstić information content (AvgIpc) is 2.66. The number of rotatable bonds is 5. The van der Waals surface area contributed by atoms with Gasteiger partial charge in [0.2, 0.25) is 5.88 Å². The molecule has 0 fully saturated rings. The largest absolute Gasteiger partial charge is 0.493 e. The van der Waals surface area contributed by atoms with Crippen LogP contribution in [0.2, 0.25) is 0 Å². The number of hydrogen-bond acceptors (Lipinski definition) is 2. The van der Waals surface area contributed by atoms with Gasteiger partial charge in [0.05, 0.1) is 5.69 Å². The van der Waals surface area contributed by atoms with Gasteiger partial charge < -0.3 is 5.11 Å². The first-order chi connectivity index (χ1) is 9.88. The summed E-state index contributed by atoms with van der Waals surface area (Å²) in [6.07, 6.45) is 0.840. The van der Waals surface area contributed by atoms with Crippen LogP contribution in [0.5, 0.6) is 5.88 Å². The molecule has 0 saturated heterocycles. The summed E-state index contributed by atoms with van der Waals surface area (Å²) in [7, 11) is 0. The average molecular weight is 286 g/mol. The van der Waals surface area contributed by atoms with Gasteiger partial charge in [0.1, 0.15) is 0 Å². The van der Waals surface area contributed by atoms with E-state index >= 15 is 0 Å². The molecule has 0 aliphatic rings. The van der Waals surface area contributed by atoms with Gasteiger partial charge in [-0.05, 0) is 31.2 Å². The number of aryl methyl sites for hydroxylation is 1. The Kier molecular flexibility index (Phi) is 4.71. The molecule has 0 bridgehead atoms. The van der Waals surface area contributed by atoms with Crippen LogP contribution >= 0.6 is 0 Å². The van der Waals surface area contributed by atoms with Gasteiger partial charge >= 0.3 is 0 Å². The lowest BCUT2D eigenvalue weighted by Gasteiger charge is -2.07. The van der Waals surface area contributed by atoms with Gasteiger partial charge in [0, 0.05) is 17.7 Å². The van der Waals surface area contributed by atoms with Crippen LogP contribution < -0.4 is 0 Å². The fourth-order valence-electron chi connectivity index (χ4n) is 2.58. The summed E-state index contributed by atoms with van der Waals surface area (Å²) in [5, 5.41) is 15.2. The standard InChI is InChI=1S/C18H26N2O/c1-12(2)9-16-17(15-8-6-7-14(5)10-15)19-20(18(16)21)11-13(3)4/h6-8,10,12-13,21H,9,11H2,1-5H3. The zero-order chi connectivity index (χ0) is 15.6. The third kappa shape index (κ3) is 3.66. The number of hydrogen-bond donors (Lipinski definition) is 1. The highest BCUT2D eigenvalue weighted by Crippen LogP contribution is 2.32. The van der Waals surface area contributed by atoms with Crippen molar-refractivity contribution in [1.82, 2.24) is 9.78 Å². The predicted octanol–water partition coefficient (Wildman–Crippen LogP) is 4.42. The third-order valence-electron chi connectivity index (χ3n) is 3.46.